The maximum atomic E-state index is 11.7. The molecule has 0 unspecified atom stereocenters. The number of nitrogens with one attached hydrogen (secondary N) is 1. The molecule has 1 rings (SSSR count). The van der Waals surface area contributed by atoms with E-state index in [-0.39, 0.29) is 5.91 Å². The van der Waals surface area contributed by atoms with Crippen molar-refractivity contribution in [2.24, 2.45) is 5.10 Å². The van der Waals surface area contributed by atoms with Gasteiger partial charge in [0.25, 0.3) is 0 Å². The summed E-state index contributed by atoms with van der Waals surface area (Å²) in [5.74, 6) is 1.26. The molecule has 1 amide bonds. The monoisotopic (exact) mass is 334 g/mol. The Hall–Kier alpha value is -2.04. The van der Waals surface area contributed by atoms with Gasteiger partial charge in [0.05, 0.1) is 20.4 Å². The molecule has 0 bridgehead atoms. The molecule has 0 aromatic heterocycles. The Balaban J connectivity index is 2.25. The molecule has 1 N–H and O–H groups in total. The quantitative estimate of drug-likeness (QED) is 0.352. The summed E-state index contributed by atoms with van der Waals surface area (Å²) in [5.41, 5.74) is 3.40. The number of hydrogen-bond acceptors (Lipinski definition) is 4. The number of nitrogens with zero attached hydrogens (tertiary/aromatic N) is 1. The molecule has 0 atom stereocenters. The van der Waals surface area contributed by atoms with E-state index in [4.69, 9.17) is 9.47 Å². The number of benzene rings is 1. The molecular weight excluding hydrogens is 304 g/mol. The molecular formula is C19H30N2O3. The number of rotatable bonds is 12. The highest BCUT2D eigenvalue weighted by Gasteiger charge is 2.03. The van der Waals surface area contributed by atoms with Gasteiger partial charge in [-0.25, -0.2) is 5.43 Å². The van der Waals surface area contributed by atoms with Crippen LogP contribution in [0, 0.1) is 0 Å². The van der Waals surface area contributed by atoms with E-state index in [0.29, 0.717) is 17.9 Å². The summed E-state index contributed by atoms with van der Waals surface area (Å²) in [7, 11) is 3.18. The van der Waals surface area contributed by atoms with Crippen molar-refractivity contribution in [3.8, 4) is 11.5 Å². The molecule has 5 heteroatoms. The highest BCUT2D eigenvalue weighted by atomic mass is 16.5. The molecule has 0 spiro atoms. The van der Waals surface area contributed by atoms with Crippen molar-refractivity contribution in [2.75, 3.05) is 14.2 Å². The highest BCUT2D eigenvalue weighted by molar-refractivity contribution is 5.83. The van der Waals surface area contributed by atoms with Gasteiger partial charge in [0, 0.05) is 6.42 Å². The first kappa shape index (κ1) is 20.0. The van der Waals surface area contributed by atoms with Crippen molar-refractivity contribution >= 4 is 12.1 Å². The Labute approximate surface area is 145 Å². The average Bonchev–Trinajstić information content (AvgIpc) is 2.60. The van der Waals surface area contributed by atoms with E-state index in [1.54, 1.807) is 26.5 Å². The molecule has 134 valence electrons. The molecule has 0 radical (unpaired) electrons. The second-order valence-electron chi connectivity index (χ2n) is 5.78. The van der Waals surface area contributed by atoms with Crippen LogP contribution in [0.25, 0.3) is 0 Å². The first-order valence-corrected chi connectivity index (χ1v) is 8.75. The van der Waals surface area contributed by atoms with Crippen molar-refractivity contribution < 1.29 is 14.3 Å². The van der Waals surface area contributed by atoms with Crippen molar-refractivity contribution in [2.45, 2.75) is 58.3 Å². The van der Waals surface area contributed by atoms with Crippen LogP contribution in [-0.4, -0.2) is 26.3 Å². The van der Waals surface area contributed by atoms with Gasteiger partial charge in [-0.15, -0.1) is 0 Å². The molecule has 1 aromatic rings. The Kier molecular flexibility index (Phi) is 10.3. The fraction of sp³-hybridized carbons (Fsp3) is 0.579. The lowest BCUT2D eigenvalue weighted by molar-refractivity contribution is -0.121. The minimum absolute atomic E-state index is 0.0414. The number of unbranched alkanes of at least 4 members (excludes halogenated alkanes) is 6. The normalized spacial score (nSPS) is 10.8. The van der Waals surface area contributed by atoms with Gasteiger partial charge in [0.15, 0.2) is 11.5 Å². The molecule has 24 heavy (non-hydrogen) atoms. The van der Waals surface area contributed by atoms with Gasteiger partial charge in [-0.1, -0.05) is 45.4 Å². The van der Waals surface area contributed by atoms with Crippen LogP contribution in [0.3, 0.4) is 0 Å². The van der Waals surface area contributed by atoms with Crippen molar-refractivity contribution in [1.82, 2.24) is 5.43 Å². The molecule has 5 nitrogen and oxygen atoms in total. The zero-order valence-corrected chi connectivity index (χ0v) is 15.1. The first-order chi connectivity index (χ1) is 11.7. The highest BCUT2D eigenvalue weighted by Crippen LogP contribution is 2.26. The smallest absolute Gasteiger partial charge is 0.240 e. The third kappa shape index (κ3) is 7.99. The molecule has 0 aliphatic carbocycles. The summed E-state index contributed by atoms with van der Waals surface area (Å²) >= 11 is 0. The van der Waals surface area contributed by atoms with Crippen molar-refractivity contribution in [3.63, 3.8) is 0 Å². The van der Waals surface area contributed by atoms with Crippen LogP contribution in [0.15, 0.2) is 23.3 Å². The Morgan fingerprint density at radius 3 is 2.38 bits per heavy atom. The summed E-state index contributed by atoms with van der Waals surface area (Å²) in [6, 6.07) is 5.47. The van der Waals surface area contributed by atoms with Crippen molar-refractivity contribution in [1.29, 1.82) is 0 Å². The number of amides is 1. The van der Waals surface area contributed by atoms with Gasteiger partial charge in [0.2, 0.25) is 5.91 Å². The van der Waals surface area contributed by atoms with Gasteiger partial charge < -0.3 is 9.47 Å². The third-order valence-corrected chi connectivity index (χ3v) is 3.82. The van der Waals surface area contributed by atoms with Gasteiger partial charge in [-0.3, -0.25) is 4.79 Å². The number of ether oxygens (including phenoxy) is 2. The van der Waals surface area contributed by atoms with E-state index in [1.165, 1.54) is 32.1 Å². The summed E-state index contributed by atoms with van der Waals surface area (Å²) in [4.78, 5) is 11.7. The van der Waals surface area contributed by atoms with E-state index in [2.05, 4.69) is 17.5 Å². The van der Waals surface area contributed by atoms with E-state index >= 15 is 0 Å². The fourth-order valence-corrected chi connectivity index (χ4v) is 2.41. The van der Waals surface area contributed by atoms with E-state index in [1.807, 2.05) is 12.1 Å². The predicted octanol–water partition coefficient (Wildman–Crippen LogP) is 4.29. The first-order valence-electron chi connectivity index (χ1n) is 8.75. The Morgan fingerprint density at radius 2 is 1.71 bits per heavy atom. The van der Waals surface area contributed by atoms with Gasteiger partial charge in [-0.05, 0) is 30.2 Å². The van der Waals surface area contributed by atoms with Crippen LogP contribution in [0.4, 0.5) is 0 Å². The summed E-state index contributed by atoms with van der Waals surface area (Å²) in [6.07, 6.45) is 10.5. The topological polar surface area (TPSA) is 59.9 Å². The Morgan fingerprint density at radius 1 is 1.04 bits per heavy atom. The average molecular weight is 334 g/mol. The number of hydrazone groups is 1. The minimum atomic E-state index is -0.0414. The maximum Gasteiger partial charge on any atom is 0.240 e. The fourth-order valence-electron chi connectivity index (χ4n) is 2.41. The van der Waals surface area contributed by atoms with Crippen molar-refractivity contribution in [3.05, 3.63) is 23.8 Å². The minimum Gasteiger partial charge on any atom is -0.493 e. The van der Waals surface area contributed by atoms with Gasteiger partial charge >= 0.3 is 0 Å². The number of carbonyl (C=O) groups excluding carboxylic acids is 1. The molecule has 0 aliphatic heterocycles. The van der Waals surface area contributed by atoms with E-state index < -0.39 is 0 Å². The van der Waals surface area contributed by atoms with Crippen LogP contribution in [-0.2, 0) is 4.79 Å². The second kappa shape index (κ2) is 12.4. The summed E-state index contributed by atoms with van der Waals surface area (Å²) < 4.78 is 10.4. The zero-order chi connectivity index (χ0) is 17.6. The lowest BCUT2D eigenvalue weighted by Gasteiger charge is -2.07. The van der Waals surface area contributed by atoms with E-state index in [9.17, 15) is 4.79 Å². The second-order valence-corrected chi connectivity index (χ2v) is 5.78. The molecule has 0 saturated heterocycles. The number of methoxy groups -OCH3 is 2. The van der Waals surface area contributed by atoms with Crippen LogP contribution in [0.5, 0.6) is 11.5 Å². The summed E-state index contributed by atoms with van der Waals surface area (Å²) in [5, 5.41) is 3.99. The predicted molar refractivity (Wildman–Crippen MR) is 97.9 cm³/mol. The van der Waals surface area contributed by atoms with Gasteiger partial charge in [0.1, 0.15) is 0 Å². The van der Waals surface area contributed by atoms with Crippen LogP contribution in [0.2, 0.25) is 0 Å². The van der Waals surface area contributed by atoms with E-state index in [0.717, 1.165) is 18.4 Å². The Bertz CT molecular complexity index is 515. The lowest BCUT2D eigenvalue weighted by atomic mass is 10.1. The molecule has 0 saturated carbocycles. The number of hydrogen-bond donors (Lipinski definition) is 1. The standard InChI is InChI=1S/C19H30N2O3/c1-4-5-6-7-8-9-10-11-19(22)21-20-15-16-12-13-17(23-2)18(14-16)24-3/h12-15H,4-11H2,1-3H3,(H,21,22). The maximum absolute atomic E-state index is 11.7. The zero-order valence-electron chi connectivity index (χ0n) is 15.1. The largest absolute Gasteiger partial charge is 0.493 e. The van der Waals surface area contributed by atoms with Crippen LogP contribution in [0.1, 0.15) is 63.9 Å². The SMILES string of the molecule is CCCCCCCCCC(=O)NN=Cc1ccc(OC)c(OC)c1. The number of carbonyl (C=O) groups is 1. The molecule has 0 heterocycles. The van der Waals surface area contributed by atoms with Gasteiger partial charge in [-0.2, -0.15) is 5.10 Å². The molecule has 0 aliphatic rings. The third-order valence-electron chi connectivity index (χ3n) is 3.82. The van der Waals surface area contributed by atoms with Crippen LogP contribution < -0.4 is 14.9 Å². The van der Waals surface area contributed by atoms with Crippen LogP contribution >= 0.6 is 0 Å². The molecule has 1 aromatic carbocycles. The summed E-state index contributed by atoms with van der Waals surface area (Å²) in [6.45, 7) is 2.22. The molecule has 0 fully saturated rings. The lowest BCUT2D eigenvalue weighted by Crippen LogP contribution is -2.16.